The molecule has 4 rings (SSSR count). The lowest BCUT2D eigenvalue weighted by Crippen LogP contribution is -2.51. The van der Waals surface area contributed by atoms with Crippen molar-refractivity contribution in [2.24, 2.45) is 17.6 Å². The molecule has 0 spiro atoms. The Labute approximate surface area is 166 Å². The lowest BCUT2D eigenvalue weighted by Gasteiger charge is -2.26. The van der Waals surface area contributed by atoms with Crippen molar-refractivity contribution in [2.75, 3.05) is 17.6 Å². The van der Waals surface area contributed by atoms with E-state index >= 15 is 0 Å². The Hall–Kier alpha value is -2.55. The number of amides is 5. The number of anilines is 1. The van der Waals surface area contributed by atoms with E-state index in [2.05, 4.69) is 10.6 Å². The second-order valence-electron chi connectivity index (χ2n) is 7.54. The molecule has 8 nitrogen and oxygen atoms in total. The van der Waals surface area contributed by atoms with Crippen LogP contribution in [0.1, 0.15) is 25.7 Å². The van der Waals surface area contributed by atoms with E-state index in [1.807, 2.05) is 0 Å². The Morgan fingerprint density at radius 2 is 1.82 bits per heavy atom. The van der Waals surface area contributed by atoms with Crippen LogP contribution in [0.15, 0.2) is 29.2 Å². The highest BCUT2D eigenvalue weighted by molar-refractivity contribution is 8.00. The first-order valence-electron chi connectivity index (χ1n) is 9.36. The molecule has 0 radical (unpaired) electrons. The number of carbonyl (C=O) groups is 4. The minimum Gasteiger partial charge on any atom is -0.369 e. The fourth-order valence-corrected chi connectivity index (χ4v) is 4.65. The number of primary amides is 1. The van der Waals surface area contributed by atoms with E-state index in [9.17, 15) is 19.2 Å². The number of hydrogen-bond acceptors (Lipinski definition) is 5. The highest BCUT2D eigenvalue weighted by atomic mass is 32.2. The fraction of sp³-hybridized carbons (Fsp3) is 0.474. The molecule has 1 aliphatic heterocycles. The second-order valence-corrected chi connectivity index (χ2v) is 8.56. The van der Waals surface area contributed by atoms with Crippen LogP contribution in [0, 0.1) is 11.8 Å². The summed E-state index contributed by atoms with van der Waals surface area (Å²) in [4.78, 5) is 50.8. The molecule has 0 unspecified atom stereocenters. The number of thioether (sulfide) groups is 1. The van der Waals surface area contributed by atoms with Gasteiger partial charge >= 0.3 is 6.03 Å². The molecule has 1 aromatic rings. The Morgan fingerprint density at radius 1 is 1.18 bits per heavy atom. The number of para-hydroxylation sites is 1. The van der Waals surface area contributed by atoms with E-state index in [0.29, 0.717) is 10.6 Å². The summed E-state index contributed by atoms with van der Waals surface area (Å²) < 4.78 is 0. The molecule has 1 aromatic carbocycles. The van der Waals surface area contributed by atoms with Gasteiger partial charge in [0.05, 0.1) is 11.4 Å². The molecular formula is C19H22N4O4S. The summed E-state index contributed by atoms with van der Waals surface area (Å²) >= 11 is 1.22. The SMILES string of the molecule is NC(=O)CSc1ccccc1NC(=O)CN1C(=O)NC(C2CC2)(C2CC2)C1=O. The quantitative estimate of drug-likeness (QED) is 0.447. The van der Waals surface area contributed by atoms with Crippen LogP contribution in [0.5, 0.6) is 0 Å². The maximum absolute atomic E-state index is 13.0. The number of nitrogens with two attached hydrogens (primary N) is 1. The minimum atomic E-state index is -0.799. The van der Waals surface area contributed by atoms with Gasteiger partial charge in [-0.2, -0.15) is 0 Å². The van der Waals surface area contributed by atoms with Crippen LogP contribution < -0.4 is 16.4 Å². The molecular weight excluding hydrogens is 380 g/mol. The van der Waals surface area contributed by atoms with Crippen LogP contribution in [0.4, 0.5) is 10.5 Å². The van der Waals surface area contributed by atoms with E-state index in [1.54, 1.807) is 24.3 Å². The Bertz CT molecular complexity index is 838. The Kier molecular flexibility index (Phi) is 4.78. The minimum absolute atomic E-state index is 0.0885. The smallest absolute Gasteiger partial charge is 0.325 e. The van der Waals surface area contributed by atoms with Gasteiger partial charge in [-0.05, 0) is 49.7 Å². The van der Waals surface area contributed by atoms with Crippen molar-refractivity contribution in [3.05, 3.63) is 24.3 Å². The average molecular weight is 402 g/mol. The third-order valence-corrected chi connectivity index (χ3v) is 6.53. The molecule has 9 heteroatoms. The molecule has 28 heavy (non-hydrogen) atoms. The lowest BCUT2D eigenvalue weighted by molar-refractivity contribution is -0.135. The van der Waals surface area contributed by atoms with Gasteiger partial charge in [-0.25, -0.2) is 4.79 Å². The number of nitrogens with zero attached hydrogens (tertiary/aromatic N) is 1. The molecule has 3 fully saturated rings. The van der Waals surface area contributed by atoms with Crippen molar-refractivity contribution in [3.63, 3.8) is 0 Å². The molecule has 5 amide bonds. The van der Waals surface area contributed by atoms with Crippen LogP contribution in [-0.2, 0) is 14.4 Å². The number of nitrogens with one attached hydrogen (secondary N) is 2. The second kappa shape index (κ2) is 7.12. The summed E-state index contributed by atoms with van der Waals surface area (Å²) in [7, 11) is 0. The zero-order valence-electron chi connectivity index (χ0n) is 15.3. The molecule has 1 saturated heterocycles. The fourth-order valence-electron chi connectivity index (χ4n) is 3.90. The molecule has 148 valence electrons. The zero-order chi connectivity index (χ0) is 19.9. The Balaban J connectivity index is 1.44. The summed E-state index contributed by atoms with van der Waals surface area (Å²) in [6.45, 7) is -0.333. The van der Waals surface area contributed by atoms with Crippen molar-refractivity contribution in [1.29, 1.82) is 0 Å². The van der Waals surface area contributed by atoms with Crippen molar-refractivity contribution in [2.45, 2.75) is 36.1 Å². The largest absolute Gasteiger partial charge is 0.369 e. The summed E-state index contributed by atoms with van der Waals surface area (Å²) in [5.74, 6) is -0.717. The Morgan fingerprint density at radius 3 is 2.43 bits per heavy atom. The molecule has 1 heterocycles. The maximum Gasteiger partial charge on any atom is 0.325 e. The van der Waals surface area contributed by atoms with E-state index in [1.165, 1.54) is 11.8 Å². The van der Waals surface area contributed by atoms with E-state index in [0.717, 1.165) is 30.6 Å². The first-order valence-corrected chi connectivity index (χ1v) is 10.3. The number of rotatable bonds is 8. The van der Waals surface area contributed by atoms with Crippen LogP contribution in [0.25, 0.3) is 0 Å². The molecule has 4 N–H and O–H groups in total. The molecule has 3 aliphatic rings. The number of urea groups is 1. The maximum atomic E-state index is 13.0. The van der Waals surface area contributed by atoms with Gasteiger partial charge in [0.2, 0.25) is 11.8 Å². The number of imide groups is 1. The van der Waals surface area contributed by atoms with Crippen molar-refractivity contribution in [1.82, 2.24) is 10.2 Å². The summed E-state index contributed by atoms with van der Waals surface area (Å²) in [6, 6.07) is 6.52. The van der Waals surface area contributed by atoms with Gasteiger partial charge in [0.1, 0.15) is 12.1 Å². The summed E-state index contributed by atoms with van der Waals surface area (Å²) in [6.07, 6.45) is 3.75. The number of hydrogen-bond donors (Lipinski definition) is 3. The third-order valence-electron chi connectivity index (χ3n) is 5.43. The highest BCUT2D eigenvalue weighted by Gasteiger charge is 2.65. The van der Waals surface area contributed by atoms with Crippen molar-refractivity contribution < 1.29 is 19.2 Å². The number of benzene rings is 1. The van der Waals surface area contributed by atoms with E-state index in [4.69, 9.17) is 5.73 Å². The van der Waals surface area contributed by atoms with Crippen LogP contribution in [0.2, 0.25) is 0 Å². The molecule has 0 bridgehead atoms. The topological polar surface area (TPSA) is 122 Å². The van der Waals surface area contributed by atoms with E-state index < -0.39 is 23.4 Å². The predicted molar refractivity (Wildman–Crippen MR) is 103 cm³/mol. The van der Waals surface area contributed by atoms with Crippen molar-refractivity contribution >= 4 is 41.2 Å². The lowest BCUT2D eigenvalue weighted by atomic mass is 9.87. The van der Waals surface area contributed by atoms with Gasteiger partial charge in [0.25, 0.3) is 5.91 Å². The van der Waals surface area contributed by atoms with E-state index in [-0.39, 0.29) is 30.0 Å². The highest BCUT2D eigenvalue weighted by Crippen LogP contribution is 2.54. The molecule has 2 saturated carbocycles. The van der Waals surface area contributed by atoms with Gasteiger partial charge in [-0.1, -0.05) is 12.1 Å². The normalized spacial score (nSPS) is 20.8. The molecule has 0 atom stereocenters. The summed E-state index contributed by atoms with van der Waals surface area (Å²) in [5, 5.41) is 5.64. The van der Waals surface area contributed by atoms with Gasteiger partial charge in [-0.15, -0.1) is 11.8 Å². The van der Waals surface area contributed by atoms with Gasteiger partial charge < -0.3 is 16.4 Å². The molecule has 2 aliphatic carbocycles. The average Bonchev–Trinajstić information content (AvgIpc) is 3.55. The first-order chi connectivity index (χ1) is 13.4. The standard InChI is InChI=1S/C19H22N4O4S/c20-15(24)10-28-14-4-2-1-3-13(14)21-16(25)9-23-17(26)19(11-5-6-11,12-7-8-12)22-18(23)27/h1-4,11-12H,5-10H2,(H2,20,24)(H,21,25)(H,22,27). The number of carbonyl (C=O) groups excluding carboxylic acids is 4. The van der Waals surface area contributed by atoms with Crippen LogP contribution in [0.3, 0.4) is 0 Å². The van der Waals surface area contributed by atoms with Gasteiger partial charge in [0.15, 0.2) is 0 Å². The first kappa shape index (κ1) is 18.8. The summed E-state index contributed by atoms with van der Waals surface area (Å²) in [5.41, 5.74) is 4.90. The van der Waals surface area contributed by atoms with Gasteiger partial charge in [-0.3, -0.25) is 19.3 Å². The predicted octanol–water partition coefficient (Wildman–Crippen LogP) is 1.31. The third kappa shape index (κ3) is 3.46. The van der Waals surface area contributed by atoms with Gasteiger partial charge in [0, 0.05) is 4.90 Å². The van der Waals surface area contributed by atoms with Crippen molar-refractivity contribution in [3.8, 4) is 0 Å². The molecule has 0 aromatic heterocycles. The van der Waals surface area contributed by atoms with Crippen LogP contribution in [-0.4, -0.2) is 46.5 Å². The van der Waals surface area contributed by atoms with Crippen LogP contribution >= 0.6 is 11.8 Å². The monoisotopic (exact) mass is 402 g/mol. The zero-order valence-corrected chi connectivity index (χ0v) is 16.1.